The van der Waals surface area contributed by atoms with Crippen LogP contribution in [-0.2, 0) is 12.8 Å². The first-order chi connectivity index (χ1) is 11.2. The second-order valence-corrected chi connectivity index (χ2v) is 7.05. The van der Waals surface area contributed by atoms with Gasteiger partial charge in [0, 0.05) is 41.8 Å². The van der Waals surface area contributed by atoms with Crippen LogP contribution in [-0.4, -0.2) is 44.9 Å². The highest BCUT2D eigenvalue weighted by atomic mass is 32.1. The number of nitrogens with one attached hydrogen (secondary N) is 1. The first-order valence-electron chi connectivity index (χ1n) is 8.03. The predicted octanol–water partition coefficient (Wildman–Crippen LogP) is 2.09. The Morgan fingerprint density at radius 3 is 2.83 bits per heavy atom. The molecule has 0 radical (unpaired) electrons. The number of hydrogen-bond donors (Lipinski definition) is 1. The number of ketones is 1. The molecule has 0 saturated carbocycles. The summed E-state index contributed by atoms with van der Waals surface area (Å²) in [5.41, 5.74) is 2.79. The number of carbonyl (C=O) groups excluding carboxylic acids is 2. The third kappa shape index (κ3) is 2.59. The lowest BCUT2D eigenvalue weighted by molar-refractivity contribution is 0.0644. The van der Waals surface area contributed by atoms with E-state index in [4.69, 9.17) is 0 Å². The average molecular weight is 330 g/mol. The molecule has 1 saturated heterocycles. The third-order valence-corrected chi connectivity index (χ3v) is 5.59. The molecule has 1 aliphatic carbocycles. The quantitative estimate of drug-likeness (QED) is 0.874. The number of carbonyl (C=O) groups is 2. The molecule has 1 aliphatic heterocycles. The van der Waals surface area contributed by atoms with Gasteiger partial charge >= 0.3 is 0 Å². The molecule has 1 fully saturated rings. The van der Waals surface area contributed by atoms with Crippen molar-refractivity contribution in [3.63, 3.8) is 0 Å². The Balaban J connectivity index is 1.41. The maximum Gasteiger partial charge on any atom is 0.274 e. The highest BCUT2D eigenvalue weighted by molar-refractivity contribution is 7.11. The van der Waals surface area contributed by atoms with Gasteiger partial charge in [-0.1, -0.05) is 0 Å². The Morgan fingerprint density at radius 2 is 2.09 bits per heavy atom. The van der Waals surface area contributed by atoms with Crippen LogP contribution in [0.1, 0.15) is 50.8 Å². The lowest BCUT2D eigenvalue weighted by Crippen LogP contribution is -2.40. The zero-order valence-corrected chi connectivity index (χ0v) is 13.6. The Labute approximate surface area is 137 Å². The van der Waals surface area contributed by atoms with Crippen molar-refractivity contribution in [2.24, 2.45) is 5.92 Å². The maximum atomic E-state index is 12.7. The summed E-state index contributed by atoms with van der Waals surface area (Å²) in [7, 11) is 0. The SMILES string of the molecule is O=C(c1nccs1)C1CCN(C(=O)c2n[nH]c3c2CCC3)CC1. The van der Waals surface area contributed by atoms with E-state index >= 15 is 0 Å². The minimum Gasteiger partial charge on any atom is -0.337 e. The van der Waals surface area contributed by atoms with Crippen LogP contribution in [0.15, 0.2) is 11.6 Å². The largest absolute Gasteiger partial charge is 0.337 e. The van der Waals surface area contributed by atoms with Gasteiger partial charge in [-0.25, -0.2) is 4.98 Å². The molecule has 0 aromatic carbocycles. The lowest BCUT2D eigenvalue weighted by Gasteiger charge is -2.30. The van der Waals surface area contributed by atoms with Crippen molar-refractivity contribution in [3.8, 4) is 0 Å². The van der Waals surface area contributed by atoms with E-state index in [2.05, 4.69) is 15.2 Å². The molecule has 6 nitrogen and oxygen atoms in total. The second-order valence-electron chi connectivity index (χ2n) is 6.15. The third-order valence-electron chi connectivity index (χ3n) is 4.80. The van der Waals surface area contributed by atoms with Crippen LogP contribution in [0.4, 0.5) is 0 Å². The van der Waals surface area contributed by atoms with Gasteiger partial charge in [0.05, 0.1) is 0 Å². The zero-order valence-electron chi connectivity index (χ0n) is 12.7. The van der Waals surface area contributed by atoms with Crippen LogP contribution in [0.3, 0.4) is 0 Å². The van der Waals surface area contributed by atoms with Crippen LogP contribution in [0.25, 0.3) is 0 Å². The number of aryl methyl sites for hydroxylation is 1. The van der Waals surface area contributed by atoms with Gasteiger partial charge in [-0.3, -0.25) is 14.7 Å². The fraction of sp³-hybridized carbons (Fsp3) is 0.500. The first-order valence-corrected chi connectivity index (χ1v) is 8.91. The van der Waals surface area contributed by atoms with Gasteiger partial charge in [0.1, 0.15) is 0 Å². The van der Waals surface area contributed by atoms with Crippen molar-refractivity contribution in [2.75, 3.05) is 13.1 Å². The molecule has 0 atom stereocenters. The number of fused-ring (bicyclic) bond motifs is 1. The number of thiazole rings is 1. The van der Waals surface area contributed by atoms with Crippen LogP contribution >= 0.6 is 11.3 Å². The van der Waals surface area contributed by atoms with E-state index in [1.807, 2.05) is 10.3 Å². The van der Waals surface area contributed by atoms with E-state index in [0.717, 1.165) is 30.5 Å². The molecular weight excluding hydrogens is 312 g/mol. The van der Waals surface area contributed by atoms with Gasteiger partial charge in [0.15, 0.2) is 16.5 Å². The summed E-state index contributed by atoms with van der Waals surface area (Å²) in [6, 6.07) is 0. The molecule has 4 rings (SSSR count). The van der Waals surface area contributed by atoms with Crippen LogP contribution in [0, 0.1) is 5.92 Å². The highest BCUT2D eigenvalue weighted by Gasteiger charge is 2.32. The van der Waals surface area contributed by atoms with Crippen LogP contribution < -0.4 is 0 Å². The minimum absolute atomic E-state index is 0.00421. The number of Topliss-reactive ketones (excluding diaryl/α,β-unsaturated/α-hetero) is 1. The summed E-state index contributed by atoms with van der Waals surface area (Å²) in [5, 5.41) is 9.62. The molecule has 23 heavy (non-hydrogen) atoms. The van der Waals surface area contributed by atoms with Crippen molar-refractivity contribution in [3.05, 3.63) is 33.5 Å². The van der Waals surface area contributed by atoms with Crippen molar-refractivity contribution in [2.45, 2.75) is 32.1 Å². The summed E-state index contributed by atoms with van der Waals surface area (Å²) < 4.78 is 0. The molecule has 2 aromatic heterocycles. The van der Waals surface area contributed by atoms with Crippen molar-refractivity contribution < 1.29 is 9.59 Å². The number of piperidine rings is 1. The Bertz CT molecular complexity index is 729. The molecule has 3 heterocycles. The van der Waals surface area contributed by atoms with Gasteiger partial charge < -0.3 is 4.90 Å². The normalized spacial score (nSPS) is 18.2. The molecule has 120 valence electrons. The summed E-state index contributed by atoms with van der Waals surface area (Å²) in [6.45, 7) is 1.23. The second kappa shape index (κ2) is 5.88. The van der Waals surface area contributed by atoms with Crippen molar-refractivity contribution in [1.82, 2.24) is 20.1 Å². The van der Waals surface area contributed by atoms with Gasteiger partial charge in [0.25, 0.3) is 5.91 Å². The number of rotatable bonds is 3. The van der Waals surface area contributed by atoms with E-state index in [1.54, 1.807) is 6.20 Å². The molecular formula is C16H18N4O2S. The van der Waals surface area contributed by atoms with Crippen LogP contribution in [0.2, 0.25) is 0 Å². The fourth-order valence-electron chi connectivity index (χ4n) is 3.51. The van der Waals surface area contributed by atoms with Crippen molar-refractivity contribution >= 4 is 23.0 Å². The molecule has 1 amide bonds. The van der Waals surface area contributed by atoms with E-state index in [9.17, 15) is 9.59 Å². The summed E-state index contributed by atoms with van der Waals surface area (Å²) >= 11 is 1.39. The number of aromatic amines is 1. The first kappa shape index (κ1) is 14.6. The number of likely N-dealkylation sites (tertiary alicyclic amines) is 1. The molecule has 1 N–H and O–H groups in total. The monoisotopic (exact) mass is 330 g/mol. The minimum atomic E-state index is -0.0184. The number of nitrogens with zero attached hydrogens (tertiary/aromatic N) is 3. The van der Waals surface area contributed by atoms with E-state index in [0.29, 0.717) is 36.6 Å². The molecule has 0 spiro atoms. The molecule has 0 bridgehead atoms. The molecule has 2 aromatic rings. The van der Waals surface area contributed by atoms with Gasteiger partial charge in [0.2, 0.25) is 0 Å². The smallest absolute Gasteiger partial charge is 0.274 e. The van der Waals surface area contributed by atoms with Crippen LogP contribution in [0.5, 0.6) is 0 Å². The van der Waals surface area contributed by atoms with Gasteiger partial charge in [-0.15, -0.1) is 11.3 Å². The summed E-state index contributed by atoms with van der Waals surface area (Å²) in [5.74, 6) is 0.104. The van der Waals surface area contributed by atoms with Gasteiger partial charge in [-0.05, 0) is 32.1 Å². The van der Waals surface area contributed by atoms with Crippen molar-refractivity contribution in [1.29, 1.82) is 0 Å². The highest BCUT2D eigenvalue weighted by Crippen LogP contribution is 2.27. The summed E-state index contributed by atoms with van der Waals surface area (Å²) in [4.78, 5) is 31.0. The Morgan fingerprint density at radius 1 is 1.26 bits per heavy atom. The van der Waals surface area contributed by atoms with E-state index < -0.39 is 0 Å². The van der Waals surface area contributed by atoms with E-state index in [1.165, 1.54) is 11.3 Å². The summed E-state index contributed by atoms with van der Waals surface area (Å²) in [6.07, 6.45) is 6.09. The van der Waals surface area contributed by atoms with Gasteiger partial charge in [-0.2, -0.15) is 5.10 Å². The maximum absolute atomic E-state index is 12.7. The zero-order chi connectivity index (χ0) is 15.8. The van der Waals surface area contributed by atoms with E-state index in [-0.39, 0.29) is 17.6 Å². The number of hydrogen-bond acceptors (Lipinski definition) is 5. The Hall–Kier alpha value is -2.02. The number of aromatic nitrogens is 3. The standard InChI is InChI=1S/C16H18N4O2S/c21-14(15-17-6-9-23-15)10-4-7-20(8-5-10)16(22)13-11-2-1-3-12(11)18-19-13/h6,9-10H,1-5,7-8H2,(H,18,19). The number of amides is 1. The number of H-pyrrole nitrogens is 1. The average Bonchev–Trinajstić information content (AvgIpc) is 3.30. The topological polar surface area (TPSA) is 79.0 Å². The lowest BCUT2D eigenvalue weighted by atomic mass is 9.92. The molecule has 0 unspecified atom stereocenters. The predicted molar refractivity (Wildman–Crippen MR) is 85.7 cm³/mol. The fourth-order valence-corrected chi connectivity index (χ4v) is 4.17. The molecule has 2 aliphatic rings. The molecule has 7 heteroatoms. The Kier molecular flexibility index (Phi) is 3.72.